The summed E-state index contributed by atoms with van der Waals surface area (Å²) in [4.78, 5) is 0. The Kier molecular flexibility index (Phi) is 4.01. The minimum absolute atomic E-state index is 0.210. The third kappa shape index (κ3) is 2.78. The van der Waals surface area contributed by atoms with Gasteiger partial charge in [0.1, 0.15) is 5.76 Å². The van der Waals surface area contributed by atoms with Crippen molar-refractivity contribution < 1.29 is 4.42 Å². The Labute approximate surface area is 122 Å². The van der Waals surface area contributed by atoms with Crippen molar-refractivity contribution >= 4 is 43.5 Å². The van der Waals surface area contributed by atoms with E-state index in [1.807, 2.05) is 26.0 Å². The molecule has 2 aromatic rings. The molecule has 0 saturated carbocycles. The lowest BCUT2D eigenvalue weighted by molar-refractivity contribution is 0.532. The lowest BCUT2D eigenvalue weighted by atomic mass is 10.1. The number of hydrogen-bond donors (Lipinski definition) is 0. The molecule has 0 bridgehead atoms. The molecule has 1 heterocycles. The third-order valence-corrected chi connectivity index (χ3v) is 4.62. The van der Waals surface area contributed by atoms with Crippen LogP contribution in [0.1, 0.15) is 27.8 Å². The van der Waals surface area contributed by atoms with Crippen molar-refractivity contribution in [3.8, 4) is 0 Å². The van der Waals surface area contributed by atoms with Gasteiger partial charge >= 0.3 is 0 Å². The predicted octanol–water partition coefficient (Wildman–Crippen LogP) is 5.75. The fourth-order valence-corrected chi connectivity index (χ4v) is 3.11. The lowest BCUT2D eigenvalue weighted by Gasteiger charge is -2.12. The summed E-state index contributed by atoms with van der Waals surface area (Å²) < 4.78 is 7.36. The van der Waals surface area contributed by atoms with Crippen molar-refractivity contribution in [1.82, 2.24) is 0 Å². The standard InChI is InChI=1S/C13H11Br2ClO/c1-7-3-12(15)10(5-11(7)14)13(16)9-4-8(2)17-6-9/h3-6,13H,1-2H3. The third-order valence-electron chi connectivity index (χ3n) is 2.59. The molecule has 0 aliphatic rings. The Morgan fingerprint density at radius 2 is 1.82 bits per heavy atom. The Balaban J connectivity index is 2.43. The fraction of sp³-hybridized carbons (Fsp3) is 0.231. The molecule has 0 amide bonds. The van der Waals surface area contributed by atoms with Crippen LogP contribution in [0.3, 0.4) is 0 Å². The summed E-state index contributed by atoms with van der Waals surface area (Å²) in [5.41, 5.74) is 3.18. The first-order chi connectivity index (χ1) is 7.99. The van der Waals surface area contributed by atoms with Gasteiger partial charge in [0, 0.05) is 14.5 Å². The van der Waals surface area contributed by atoms with Crippen LogP contribution in [0.25, 0.3) is 0 Å². The molecular formula is C13H11Br2ClO. The minimum Gasteiger partial charge on any atom is -0.469 e. The van der Waals surface area contributed by atoms with Crippen molar-refractivity contribution in [1.29, 1.82) is 0 Å². The molecule has 1 unspecified atom stereocenters. The summed E-state index contributed by atoms with van der Waals surface area (Å²) in [5.74, 6) is 0.868. The van der Waals surface area contributed by atoms with Crippen molar-refractivity contribution in [2.24, 2.45) is 0 Å². The molecule has 4 heteroatoms. The Bertz CT molecular complexity index is 548. The Hall–Kier alpha value is -0.250. The molecule has 1 atom stereocenters. The van der Waals surface area contributed by atoms with Gasteiger partial charge in [-0.1, -0.05) is 31.9 Å². The predicted molar refractivity (Wildman–Crippen MR) is 77.7 cm³/mol. The summed E-state index contributed by atoms with van der Waals surface area (Å²) in [5, 5.41) is -0.210. The quantitative estimate of drug-likeness (QED) is 0.607. The van der Waals surface area contributed by atoms with Crippen LogP contribution < -0.4 is 0 Å². The number of rotatable bonds is 2. The summed E-state index contributed by atoms with van der Waals surface area (Å²) in [6.45, 7) is 3.96. The van der Waals surface area contributed by atoms with Crippen molar-refractivity contribution in [2.75, 3.05) is 0 Å². The maximum absolute atomic E-state index is 6.46. The highest BCUT2D eigenvalue weighted by molar-refractivity contribution is 9.11. The van der Waals surface area contributed by atoms with Gasteiger partial charge in [0.2, 0.25) is 0 Å². The molecule has 2 rings (SSSR count). The average molecular weight is 378 g/mol. The highest BCUT2D eigenvalue weighted by atomic mass is 79.9. The molecule has 0 aliphatic heterocycles. The minimum atomic E-state index is -0.210. The summed E-state index contributed by atoms with van der Waals surface area (Å²) >= 11 is 13.5. The first kappa shape index (κ1) is 13.2. The van der Waals surface area contributed by atoms with Gasteiger partial charge in [-0.2, -0.15) is 0 Å². The second-order valence-corrected chi connectivity index (χ2v) is 6.12. The number of halogens is 3. The summed E-state index contributed by atoms with van der Waals surface area (Å²) in [6, 6.07) is 6.05. The van der Waals surface area contributed by atoms with Gasteiger partial charge in [0.05, 0.1) is 11.6 Å². The number of benzene rings is 1. The van der Waals surface area contributed by atoms with Crippen molar-refractivity contribution in [2.45, 2.75) is 19.2 Å². The second kappa shape index (κ2) is 5.17. The SMILES string of the molecule is Cc1cc(C(Cl)c2cc(Br)c(C)cc2Br)co1. The van der Waals surface area contributed by atoms with Crippen LogP contribution in [0.15, 0.2) is 37.8 Å². The van der Waals surface area contributed by atoms with Crippen molar-refractivity contribution in [3.05, 3.63) is 55.9 Å². The van der Waals surface area contributed by atoms with Crippen LogP contribution in [0.2, 0.25) is 0 Å². The van der Waals surface area contributed by atoms with Crippen LogP contribution in [-0.4, -0.2) is 0 Å². The zero-order valence-electron chi connectivity index (χ0n) is 9.43. The topological polar surface area (TPSA) is 13.1 Å². The molecular weight excluding hydrogens is 367 g/mol. The van der Waals surface area contributed by atoms with Gasteiger partial charge in [-0.05, 0) is 43.2 Å². The highest BCUT2D eigenvalue weighted by Crippen LogP contribution is 2.37. The summed E-state index contributed by atoms with van der Waals surface area (Å²) in [7, 11) is 0. The van der Waals surface area contributed by atoms with E-state index in [1.165, 1.54) is 5.56 Å². The zero-order valence-corrected chi connectivity index (χ0v) is 13.4. The van der Waals surface area contributed by atoms with Crippen LogP contribution in [0.4, 0.5) is 0 Å². The number of aryl methyl sites for hydroxylation is 2. The first-order valence-electron chi connectivity index (χ1n) is 5.13. The monoisotopic (exact) mass is 376 g/mol. The largest absolute Gasteiger partial charge is 0.469 e. The maximum Gasteiger partial charge on any atom is 0.101 e. The van der Waals surface area contributed by atoms with Crippen LogP contribution in [-0.2, 0) is 0 Å². The van der Waals surface area contributed by atoms with Gasteiger partial charge in [-0.15, -0.1) is 11.6 Å². The van der Waals surface area contributed by atoms with Crippen LogP contribution in [0, 0.1) is 13.8 Å². The van der Waals surface area contributed by atoms with E-state index in [1.54, 1.807) is 6.26 Å². The van der Waals surface area contributed by atoms with E-state index in [2.05, 4.69) is 37.9 Å². The number of furan rings is 1. The van der Waals surface area contributed by atoms with E-state index < -0.39 is 0 Å². The maximum atomic E-state index is 6.46. The molecule has 90 valence electrons. The van der Waals surface area contributed by atoms with E-state index in [4.69, 9.17) is 16.0 Å². The Morgan fingerprint density at radius 3 is 2.41 bits per heavy atom. The smallest absolute Gasteiger partial charge is 0.101 e. The fourth-order valence-electron chi connectivity index (χ4n) is 1.63. The molecule has 17 heavy (non-hydrogen) atoms. The molecule has 0 spiro atoms. The van der Waals surface area contributed by atoms with Gasteiger partial charge < -0.3 is 4.42 Å². The first-order valence-corrected chi connectivity index (χ1v) is 7.16. The number of alkyl halides is 1. The van der Waals surface area contributed by atoms with Crippen LogP contribution in [0.5, 0.6) is 0 Å². The highest BCUT2D eigenvalue weighted by Gasteiger charge is 2.17. The molecule has 0 aliphatic carbocycles. The van der Waals surface area contributed by atoms with E-state index >= 15 is 0 Å². The van der Waals surface area contributed by atoms with Gasteiger partial charge in [0.25, 0.3) is 0 Å². The molecule has 0 radical (unpaired) electrons. The molecule has 0 fully saturated rings. The van der Waals surface area contributed by atoms with Gasteiger partial charge in [-0.25, -0.2) is 0 Å². The van der Waals surface area contributed by atoms with Gasteiger partial charge in [-0.3, -0.25) is 0 Å². The second-order valence-electron chi connectivity index (χ2n) is 3.98. The van der Waals surface area contributed by atoms with Crippen molar-refractivity contribution in [3.63, 3.8) is 0 Å². The molecule has 0 N–H and O–H groups in total. The normalized spacial score (nSPS) is 12.8. The van der Waals surface area contributed by atoms with Crippen LogP contribution >= 0.6 is 43.5 Å². The average Bonchev–Trinajstić information content (AvgIpc) is 2.69. The van der Waals surface area contributed by atoms with E-state index in [0.717, 1.165) is 25.8 Å². The zero-order chi connectivity index (χ0) is 12.6. The lowest BCUT2D eigenvalue weighted by Crippen LogP contribution is -1.94. The molecule has 0 saturated heterocycles. The summed E-state index contributed by atoms with van der Waals surface area (Å²) in [6.07, 6.45) is 1.70. The molecule has 1 aromatic heterocycles. The molecule has 1 nitrogen and oxygen atoms in total. The van der Waals surface area contributed by atoms with Gasteiger partial charge in [0.15, 0.2) is 0 Å². The number of hydrogen-bond acceptors (Lipinski definition) is 1. The van der Waals surface area contributed by atoms with E-state index in [9.17, 15) is 0 Å². The van der Waals surface area contributed by atoms with E-state index in [-0.39, 0.29) is 5.38 Å². The van der Waals surface area contributed by atoms with E-state index in [0.29, 0.717) is 0 Å². The molecule has 1 aromatic carbocycles. The Morgan fingerprint density at radius 1 is 1.12 bits per heavy atom.